The summed E-state index contributed by atoms with van der Waals surface area (Å²) in [7, 11) is 0. The fraction of sp³-hybridized carbons (Fsp3) is 0.632. The third-order valence-corrected chi connectivity index (χ3v) is 4.46. The maximum Gasteiger partial charge on any atom is 0.191 e. The molecule has 0 amide bonds. The smallest absolute Gasteiger partial charge is 0.191 e. The number of aliphatic imine (C=N–C) groups is 1. The molecule has 0 saturated carbocycles. The molecule has 1 aliphatic heterocycles. The minimum absolute atomic E-state index is 0. The summed E-state index contributed by atoms with van der Waals surface area (Å²) in [5.41, 5.74) is 1.37. The van der Waals surface area contributed by atoms with Crippen molar-refractivity contribution in [1.82, 2.24) is 10.6 Å². The van der Waals surface area contributed by atoms with Crippen LogP contribution in [0.5, 0.6) is 5.75 Å². The number of rotatable bonds is 7. The largest absolute Gasteiger partial charge is 0.494 e. The lowest BCUT2D eigenvalue weighted by Gasteiger charge is -2.36. The summed E-state index contributed by atoms with van der Waals surface area (Å²) in [6.45, 7) is 11.0. The number of benzene rings is 1. The first-order chi connectivity index (χ1) is 11.7. The molecule has 0 spiro atoms. The van der Waals surface area contributed by atoms with Crippen molar-refractivity contribution in [2.75, 3.05) is 39.5 Å². The Morgan fingerprint density at radius 1 is 1.08 bits per heavy atom. The van der Waals surface area contributed by atoms with E-state index in [1.807, 2.05) is 6.92 Å². The van der Waals surface area contributed by atoms with Crippen molar-refractivity contribution >= 4 is 29.9 Å². The maximum absolute atomic E-state index is 5.61. The Bertz CT molecular complexity index is 506. The first-order valence-electron chi connectivity index (χ1n) is 9.07. The minimum atomic E-state index is 0. The van der Waals surface area contributed by atoms with E-state index >= 15 is 0 Å². The highest BCUT2D eigenvalue weighted by Gasteiger charge is 2.34. The molecule has 1 aliphatic rings. The molecular formula is C19H32IN3O2. The SMILES string of the molecule is CCNC(=NCC1(c2ccc(OCC)cc2)CCOCC1)NCC.I. The van der Waals surface area contributed by atoms with Gasteiger partial charge in [0, 0.05) is 31.7 Å². The van der Waals surface area contributed by atoms with Gasteiger partial charge in [-0.25, -0.2) is 0 Å². The topological polar surface area (TPSA) is 54.9 Å². The Hall–Kier alpha value is -1.02. The molecule has 1 aromatic rings. The molecule has 0 atom stereocenters. The van der Waals surface area contributed by atoms with Gasteiger partial charge in [0.15, 0.2) is 5.96 Å². The average molecular weight is 461 g/mol. The first kappa shape index (κ1) is 22.0. The van der Waals surface area contributed by atoms with Crippen LogP contribution in [0.4, 0.5) is 0 Å². The van der Waals surface area contributed by atoms with Crippen molar-refractivity contribution in [3.8, 4) is 5.75 Å². The molecule has 142 valence electrons. The molecular weight excluding hydrogens is 429 g/mol. The zero-order valence-electron chi connectivity index (χ0n) is 15.6. The van der Waals surface area contributed by atoms with Crippen molar-refractivity contribution in [2.45, 2.75) is 39.0 Å². The van der Waals surface area contributed by atoms with E-state index in [-0.39, 0.29) is 29.4 Å². The molecule has 1 saturated heterocycles. The number of ether oxygens (including phenoxy) is 2. The summed E-state index contributed by atoms with van der Waals surface area (Å²) in [5, 5.41) is 6.61. The number of hydrogen-bond acceptors (Lipinski definition) is 3. The predicted molar refractivity (Wildman–Crippen MR) is 114 cm³/mol. The van der Waals surface area contributed by atoms with E-state index in [2.05, 4.69) is 48.7 Å². The summed E-state index contributed by atoms with van der Waals surface area (Å²) in [6, 6.07) is 8.50. The molecule has 0 aromatic heterocycles. The molecule has 1 aromatic carbocycles. The third-order valence-electron chi connectivity index (χ3n) is 4.46. The summed E-state index contributed by atoms with van der Waals surface area (Å²) in [4.78, 5) is 4.84. The molecule has 0 radical (unpaired) electrons. The molecule has 0 unspecified atom stereocenters. The Morgan fingerprint density at radius 3 is 2.20 bits per heavy atom. The summed E-state index contributed by atoms with van der Waals surface area (Å²) in [6.07, 6.45) is 1.99. The van der Waals surface area contributed by atoms with E-state index in [1.54, 1.807) is 0 Å². The number of halogens is 1. The highest BCUT2D eigenvalue weighted by molar-refractivity contribution is 14.0. The van der Waals surface area contributed by atoms with Gasteiger partial charge in [-0.3, -0.25) is 4.99 Å². The van der Waals surface area contributed by atoms with Gasteiger partial charge in [0.2, 0.25) is 0 Å². The lowest BCUT2D eigenvalue weighted by Crippen LogP contribution is -2.41. The average Bonchev–Trinajstić information content (AvgIpc) is 2.62. The Balaban J connectivity index is 0.00000312. The van der Waals surface area contributed by atoms with Crippen LogP contribution < -0.4 is 15.4 Å². The predicted octanol–water partition coefficient (Wildman–Crippen LogP) is 3.33. The quantitative estimate of drug-likeness (QED) is 0.372. The number of hydrogen-bond donors (Lipinski definition) is 2. The normalized spacial score (nSPS) is 15.6. The van der Waals surface area contributed by atoms with E-state index < -0.39 is 0 Å². The van der Waals surface area contributed by atoms with E-state index in [9.17, 15) is 0 Å². The zero-order valence-corrected chi connectivity index (χ0v) is 18.0. The number of nitrogens with one attached hydrogen (secondary N) is 2. The molecule has 5 nitrogen and oxygen atoms in total. The van der Waals surface area contributed by atoms with Crippen LogP contribution in [0.25, 0.3) is 0 Å². The lowest BCUT2D eigenvalue weighted by atomic mass is 9.74. The molecule has 2 N–H and O–H groups in total. The van der Waals surface area contributed by atoms with Crippen LogP contribution >= 0.6 is 24.0 Å². The van der Waals surface area contributed by atoms with Gasteiger partial charge in [0.05, 0.1) is 13.2 Å². The van der Waals surface area contributed by atoms with E-state index in [0.29, 0.717) is 6.61 Å². The van der Waals surface area contributed by atoms with Crippen LogP contribution in [0.1, 0.15) is 39.2 Å². The minimum Gasteiger partial charge on any atom is -0.494 e. The van der Waals surface area contributed by atoms with Gasteiger partial charge in [-0.2, -0.15) is 0 Å². The second-order valence-electron chi connectivity index (χ2n) is 6.08. The van der Waals surface area contributed by atoms with Crippen LogP contribution in [-0.4, -0.2) is 45.4 Å². The van der Waals surface area contributed by atoms with Crippen molar-refractivity contribution < 1.29 is 9.47 Å². The number of guanidine groups is 1. The molecule has 25 heavy (non-hydrogen) atoms. The first-order valence-corrected chi connectivity index (χ1v) is 9.07. The van der Waals surface area contributed by atoms with Gasteiger partial charge >= 0.3 is 0 Å². The van der Waals surface area contributed by atoms with Crippen molar-refractivity contribution in [3.63, 3.8) is 0 Å². The Kier molecular flexibility index (Phi) is 10.2. The van der Waals surface area contributed by atoms with E-state index in [0.717, 1.165) is 57.4 Å². The second-order valence-corrected chi connectivity index (χ2v) is 6.08. The second kappa shape index (κ2) is 11.6. The van der Waals surface area contributed by atoms with Gasteiger partial charge in [0.25, 0.3) is 0 Å². The number of nitrogens with zero attached hydrogens (tertiary/aromatic N) is 1. The molecule has 1 heterocycles. The highest BCUT2D eigenvalue weighted by Crippen LogP contribution is 2.36. The van der Waals surface area contributed by atoms with Crippen molar-refractivity contribution in [3.05, 3.63) is 29.8 Å². The Labute approximate surface area is 169 Å². The van der Waals surface area contributed by atoms with Gasteiger partial charge in [0.1, 0.15) is 5.75 Å². The molecule has 6 heteroatoms. The molecule has 2 rings (SSSR count). The third kappa shape index (κ3) is 6.33. The van der Waals surface area contributed by atoms with Crippen LogP contribution in [0.3, 0.4) is 0 Å². The maximum atomic E-state index is 5.61. The zero-order chi connectivity index (χ0) is 17.3. The van der Waals surface area contributed by atoms with Gasteiger partial charge in [-0.15, -0.1) is 24.0 Å². The van der Waals surface area contributed by atoms with Crippen molar-refractivity contribution in [2.24, 2.45) is 4.99 Å². The molecule has 1 fully saturated rings. The standard InChI is InChI=1S/C19H31N3O2.HI/c1-4-20-18(21-5-2)22-15-19(11-13-23-14-12-19)16-7-9-17(10-8-16)24-6-3;/h7-10H,4-6,11-15H2,1-3H3,(H2,20,21,22);1H. The summed E-state index contributed by atoms with van der Waals surface area (Å²) >= 11 is 0. The monoisotopic (exact) mass is 461 g/mol. The van der Waals surface area contributed by atoms with E-state index in [4.69, 9.17) is 14.5 Å². The summed E-state index contributed by atoms with van der Waals surface area (Å²) < 4.78 is 11.2. The van der Waals surface area contributed by atoms with Crippen LogP contribution in [0.2, 0.25) is 0 Å². The van der Waals surface area contributed by atoms with Crippen LogP contribution in [0, 0.1) is 0 Å². The van der Waals surface area contributed by atoms with Crippen LogP contribution in [0.15, 0.2) is 29.3 Å². The van der Waals surface area contributed by atoms with Gasteiger partial charge in [-0.05, 0) is 51.3 Å². The van der Waals surface area contributed by atoms with Crippen molar-refractivity contribution in [1.29, 1.82) is 0 Å². The van der Waals surface area contributed by atoms with Gasteiger partial charge < -0.3 is 20.1 Å². The summed E-state index contributed by atoms with van der Waals surface area (Å²) in [5.74, 6) is 1.81. The fourth-order valence-corrected chi connectivity index (χ4v) is 3.11. The van der Waals surface area contributed by atoms with Gasteiger partial charge in [-0.1, -0.05) is 12.1 Å². The fourth-order valence-electron chi connectivity index (χ4n) is 3.11. The molecule has 0 aliphatic carbocycles. The highest BCUT2D eigenvalue weighted by atomic mass is 127. The van der Waals surface area contributed by atoms with E-state index in [1.165, 1.54) is 5.56 Å². The Morgan fingerprint density at radius 2 is 1.68 bits per heavy atom. The lowest BCUT2D eigenvalue weighted by molar-refractivity contribution is 0.0531. The van der Waals surface area contributed by atoms with Crippen LogP contribution in [-0.2, 0) is 10.2 Å². The molecule has 0 bridgehead atoms.